The highest BCUT2D eigenvalue weighted by molar-refractivity contribution is 6.30. The van der Waals surface area contributed by atoms with Crippen molar-refractivity contribution in [2.75, 3.05) is 32.7 Å². The second-order valence-corrected chi connectivity index (χ2v) is 6.34. The number of carbonyl (C=O) groups is 2. The van der Waals surface area contributed by atoms with Crippen LogP contribution in [0.3, 0.4) is 0 Å². The van der Waals surface area contributed by atoms with Crippen LogP contribution >= 0.6 is 11.6 Å². The lowest BCUT2D eigenvalue weighted by atomic mass is 10.0. The number of amides is 3. The molecule has 1 aliphatic rings. The largest absolute Gasteiger partial charge is 0.405 e. The molecular weight excluding hydrogens is 373 g/mol. The zero-order chi connectivity index (χ0) is 19.2. The Morgan fingerprint density at radius 3 is 2.81 bits per heavy atom. The first-order valence-corrected chi connectivity index (χ1v) is 8.47. The zero-order valence-corrected chi connectivity index (χ0v) is 14.7. The number of benzene rings is 1. The van der Waals surface area contributed by atoms with Crippen molar-refractivity contribution < 1.29 is 22.8 Å². The van der Waals surface area contributed by atoms with Gasteiger partial charge in [-0.15, -0.1) is 0 Å². The van der Waals surface area contributed by atoms with Gasteiger partial charge in [0.05, 0.1) is 0 Å². The molecule has 0 aliphatic carbocycles. The average Bonchev–Trinajstić information content (AvgIpc) is 2.58. The standard InChI is InChI=1S/C16H20ClF3N4O2/c17-12-3-1-2-11(8-12)13-9-21-5-7-24(13)6-4-14(25)23-15(26)22-10-16(18,19)20/h1-3,8,13,21H,4-7,9-10H2,(H2,22,23,25,26). The van der Waals surface area contributed by atoms with Crippen LogP contribution in [0.15, 0.2) is 24.3 Å². The van der Waals surface area contributed by atoms with Gasteiger partial charge in [0.2, 0.25) is 5.91 Å². The normalized spacial score (nSPS) is 18.4. The van der Waals surface area contributed by atoms with Gasteiger partial charge < -0.3 is 10.6 Å². The van der Waals surface area contributed by atoms with E-state index in [-0.39, 0.29) is 12.5 Å². The van der Waals surface area contributed by atoms with Crippen molar-refractivity contribution in [2.45, 2.75) is 18.6 Å². The smallest absolute Gasteiger partial charge is 0.329 e. The van der Waals surface area contributed by atoms with Crippen LogP contribution in [0, 0.1) is 0 Å². The highest BCUT2D eigenvalue weighted by Gasteiger charge is 2.28. The molecule has 1 aliphatic heterocycles. The molecule has 3 N–H and O–H groups in total. The van der Waals surface area contributed by atoms with Gasteiger partial charge >= 0.3 is 12.2 Å². The van der Waals surface area contributed by atoms with Gasteiger partial charge in [0.25, 0.3) is 0 Å². The first-order valence-electron chi connectivity index (χ1n) is 8.09. The molecule has 6 nitrogen and oxygen atoms in total. The molecule has 0 bridgehead atoms. The fourth-order valence-corrected chi connectivity index (χ4v) is 2.91. The molecular formula is C16H20ClF3N4O2. The Morgan fingerprint density at radius 1 is 1.35 bits per heavy atom. The van der Waals surface area contributed by atoms with Crippen LogP contribution in [-0.2, 0) is 4.79 Å². The SMILES string of the molecule is O=C(CCN1CCNCC1c1cccc(Cl)c1)NC(=O)NCC(F)(F)F. The first kappa shape index (κ1) is 20.5. The Bertz CT molecular complexity index is 642. The van der Waals surface area contributed by atoms with Crippen molar-refractivity contribution in [3.63, 3.8) is 0 Å². The van der Waals surface area contributed by atoms with Gasteiger partial charge in [0.1, 0.15) is 6.54 Å². The molecule has 0 radical (unpaired) electrons. The Hall–Kier alpha value is -1.84. The molecule has 1 aromatic carbocycles. The van der Waals surface area contributed by atoms with Crippen molar-refractivity contribution in [3.8, 4) is 0 Å². The Kier molecular flexibility index (Phi) is 7.24. The predicted octanol–water partition coefficient (Wildman–Crippen LogP) is 2.06. The number of urea groups is 1. The molecule has 26 heavy (non-hydrogen) atoms. The van der Waals surface area contributed by atoms with Gasteiger partial charge in [0, 0.05) is 43.7 Å². The van der Waals surface area contributed by atoms with E-state index < -0.39 is 24.7 Å². The van der Waals surface area contributed by atoms with E-state index in [1.165, 1.54) is 0 Å². The minimum absolute atomic E-state index is 0.00347. The Balaban J connectivity index is 1.84. The number of alkyl halides is 3. The molecule has 0 spiro atoms. The van der Waals surface area contributed by atoms with E-state index in [0.29, 0.717) is 24.7 Å². The second-order valence-electron chi connectivity index (χ2n) is 5.91. The van der Waals surface area contributed by atoms with Crippen LogP contribution in [0.4, 0.5) is 18.0 Å². The summed E-state index contributed by atoms with van der Waals surface area (Å²) in [5, 5.41) is 7.40. The van der Waals surface area contributed by atoms with Crippen LogP contribution in [0.2, 0.25) is 5.02 Å². The van der Waals surface area contributed by atoms with E-state index in [0.717, 1.165) is 12.1 Å². The fourth-order valence-electron chi connectivity index (χ4n) is 2.72. The summed E-state index contributed by atoms with van der Waals surface area (Å²) in [6, 6.07) is 6.30. The summed E-state index contributed by atoms with van der Waals surface area (Å²) in [7, 11) is 0. The van der Waals surface area contributed by atoms with Crippen LogP contribution in [-0.4, -0.2) is 55.7 Å². The summed E-state index contributed by atoms with van der Waals surface area (Å²) < 4.78 is 36.1. The van der Waals surface area contributed by atoms with Crippen LogP contribution in [0.1, 0.15) is 18.0 Å². The molecule has 0 aromatic heterocycles. The number of hydrogen-bond acceptors (Lipinski definition) is 4. The highest BCUT2D eigenvalue weighted by atomic mass is 35.5. The van der Waals surface area contributed by atoms with Crippen molar-refractivity contribution in [1.82, 2.24) is 20.9 Å². The summed E-state index contributed by atoms with van der Waals surface area (Å²) in [6.45, 7) is 1.03. The number of piperazine rings is 1. The lowest BCUT2D eigenvalue weighted by molar-refractivity contribution is -0.124. The Labute approximate surface area is 154 Å². The molecule has 3 amide bonds. The quantitative estimate of drug-likeness (QED) is 0.717. The summed E-state index contributed by atoms with van der Waals surface area (Å²) in [4.78, 5) is 25.2. The molecule has 1 fully saturated rings. The maximum Gasteiger partial charge on any atom is 0.405 e. The molecule has 10 heteroatoms. The van der Waals surface area contributed by atoms with Crippen LogP contribution in [0.5, 0.6) is 0 Å². The Morgan fingerprint density at radius 2 is 2.12 bits per heavy atom. The van der Waals surface area contributed by atoms with Crippen molar-refractivity contribution in [3.05, 3.63) is 34.9 Å². The van der Waals surface area contributed by atoms with E-state index in [1.54, 1.807) is 11.4 Å². The van der Waals surface area contributed by atoms with E-state index in [4.69, 9.17) is 11.6 Å². The van der Waals surface area contributed by atoms with E-state index in [1.807, 2.05) is 23.5 Å². The molecule has 2 rings (SSSR count). The van der Waals surface area contributed by atoms with Crippen molar-refractivity contribution in [2.24, 2.45) is 0 Å². The first-order chi connectivity index (χ1) is 12.2. The number of nitrogens with one attached hydrogen (secondary N) is 3. The van der Waals surface area contributed by atoms with Gasteiger partial charge in [-0.05, 0) is 17.7 Å². The zero-order valence-electron chi connectivity index (χ0n) is 13.9. The molecule has 0 saturated carbocycles. The lowest BCUT2D eigenvalue weighted by Crippen LogP contribution is -2.48. The minimum Gasteiger partial charge on any atom is -0.329 e. The summed E-state index contributed by atoms with van der Waals surface area (Å²) in [6.07, 6.45) is -4.53. The summed E-state index contributed by atoms with van der Waals surface area (Å²) in [5.41, 5.74) is 1.01. The third-order valence-electron chi connectivity index (χ3n) is 3.92. The molecule has 1 heterocycles. The second kappa shape index (κ2) is 9.20. The van der Waals surface area contributed by atoms with Gasteiger partial charge in [-0.3, -0.25) is 15.0 Å². The number of hydrogen-bond donors (Lipinski definition) is 3. The number of carbonyl (C=O) groups excluding carboxylic acids is 2. The van der Waals surface area contributed by atoms with Crippen LogP contribution in [0.25, 0.3) is 0 Å². The summed E-state index contributed by atoms with van der Waals surface area (Å²) in [5.74, 6) is -0.631. The predicted molar refractivity (Wildman–Crippen MR) is 90.8 cm³/mol. The van der Waals surface area contributed by atoms with E-state index in [2.05, 4.69) is 10.2 Å². The third-order valence-corrected chi connectivity index (χ3v) is 4.15. The summed E-state index contributed by atoms with van der Waals surface area (Å²) >= 11 is 6.03. The molecule has 1 saturated heterocycles. The van der Waals surface area contributed by atoms with Gasteiger partial charge in [-0.1, -0.05) is 23.7 Å². The van der Waals surface area contributed by atoms with Gasteiger partial charge in [-0.2, -0.15) is 13.2 Å². The number of rotatable bonds is 5. The maximum atomic E-state index is 12.0. The lowest BCUT2D eigenvalue weighted by Gasteiger charge is -2.36. The van der Waals surface area contributed by atoms with Crippen molar-refractivity contribution >= 4 is 23.5 Å². The number of nitrogens with zero attached hydrogens (tertiary/aromatic N) is 1. The number of halogens is 4. The third kappa shape index (κ3) is 6.81. The van der Waals surface area contributed by atoms with Crippen molar-refractivity contribution in [1.29, 1.82) is 0 Å². The molecule has 144 valence electrons. The average molecular weight is 393 g/mol. The van der Waals surface area contributed by atoms with Gasteiger partial charge in [0.15, 0.2) is 0 Å². The topological polar surface area (TPSA) is 73.5 Å². The fraction of sp³-hybridized carbons (Fsp3) is 0.500. The minimum atomic E-state index is -4.52. The van der Waals surface area contributed by atoms with Crippen LogP contribution < -0.4 is 16.0 Å². The van der Waals surface area contributed by atoms with E-state index in [9.17, 15) is 22.8 Å². The molecule has 1 atom stereocenters. The molecule has 1 aromatic rings. The van der Waals surface area contributed by atoms with Gasteiger partial charge in [-0.25, -0.2) is 4.79 Å². The maximum absolute atomic E-state index is 12.0. The van der Waals surface area contributed by atoms with E-state index >= 15 is 0 Å². The monoisotopic (exact) mass is 392 g/mol. The molecule has 1 unspecified atom stereocenters. The highest BCUT2D eigenvalue weighted by Crippen LogP contribution is 2.24. The number of imide groups is 1.